The fourth-order valence-electron chi connectivity index (χ4n) is 4.75. The molecule has 0 amide bonds. The molecule has 3 atom stereocenters. The number of likely N-dealkylation sites (tertiary alicyclic amines) is 1. The lowest BCUT2D eigenvalue weighted by molar-refractivity contribution is 0.0302. The van der Waals surface area contributed by atoms with E-state index in [1.54, 1.807) is 0 Å². The summed E-state index contributed by atoms with van der Waals surface area (Å²) >= 11 is 0. The Labute approximate surface area is 152 Å². The van der Waals surface area contributed by atoms with Crippen molar-refractivity contribution in [1.29, 1.82) is 0 Å². The normalized spacial score (nSPS) is 29.0. The van der Waals surface area contributed by atoms with E-state index in [-0.39, 0.29) is 17.8 Å². The van der Waals surface area contributed by atoms with Gasteiger partial charge in [0.15, 0.2) is 0 Å². The Morgan fingerprint density at radius 2 is 1.96 bits per heavy atom. The van der Waals surface area contributed by atoms with Crippen LogP contribution in [0.2, 0.25) is 0 Å². The van der Waals surface area contributed by atoms with Crippen LogP contribution in [-0.4, -0.2) is 40.9 Å². The van der Waals surface area contributed by atoms with Crippen molar-refractivity contribution in [2.24, 2.45) is 5.92 Å². The van der Waals surface area contributed by atoms with Crippen LogP contribution >= 0.6 is 12.4 Å². The highest BCUT2D eigenvalue weighted by molar-refractivity contribution is 5.85. The Kier molecular flexibility index (Phi) is 6.58. The van der Waals surface area contributed by atoms with Gasteiger partial charge in [0.05, 0.1) is 0 Å². The van der Waals surface area contributed by atoms with Crippen LogP contribution in [-0.2, 0) is 11.8 Å². The third kappa shape index (κ3) is 3.58. The molecule has 2 unspecified atom stereocenters. The Bertz CT molecular complexity index is 550. The van der Waals surface area contributed by atoms with E-state index < -0.39 is 0 Å². The van der Waals surface area contributed by atoms with Crippen molar-refractivity contribution >= 4 is 12.4 Å². The topological polar surface area (TPSA) is 43.7 Å². The summed E-state index contributed by atoms with van der Waals surface area (Å²) in [7, 11) is 0. The quantitative estimate of drug-likeness (QED) is 0.762. The number of hydrogen-bond donors (Lipinski definition) is 2. The number of halogens is 1. The molecule has 4 heteroatoms. The molecule has 2 bridgehead atoms. The lowest BCUT2D eigenvalue weighted by Crippen LogP contribution is -2.58. The van der Waals surface area contributed by atoms with Crippen LogP contribution in [0.4, 0.5) is 0 Å². The lowest BCUT2D eigenvalue weighted by Gasteiger charge is -2.54. The molecular weight excluding hydrogens is 322 g/mol. The van der Waals surface area contributed by atoms with Gasteiger partial charge >= 0.3 is 0 Å². The van der Waals surface area contributed by atoms with Gasteiger partial charge < -0.3 is 10.2 Å². The number of aliphatic hydroxyl groups excluding tert-OH is 1. The van der Waals surface area contributed by atoms with Gasteiger partial charge in [-0.2, -0.15) is 0 Å². The third-order valence-corrected chi connectivity index (χ3v) is 6.46. The van der Waals surface area contributed by atoms with Crippen LogP contribution in [0.25, 0.3) is 0 Å². The first-order chi connectivity index (χ1) is 11.1. The van der Waals surface area contributed by atoms with E-state index in [0.717, 1.165) is 19.3 Å². The summed E-state index contributed by atoms with van der Waals surface area (Å²) in [6, 6.07) is 6.61. The zero-order chi connectivity index (χ0) is 16.4. The molecule has 1 heterocycles. The summed E-state index contributed by atoms with van der Waals surface area (Å²) in [5.74, 6) is 1.03. The minimum atomic E-state index is 0. The lowest BCUT2D eigenvalue weighted by atomic mass is 9.59. The number of phenols is 1. The second-order valence-electron chi connectivity index (χ2n) is 7.74. The number of phenolic OH excluding ortho intramolecular Hbond substituents is 1. The highest BCUT2D eigenvalue weighted by atomic mass is 35.5. The highest BCUT2D eigenvalue weighted by Crippen LogP contribution is 2.49. The monoisotopic (exact) mass is 353 g/mol. The van der Waals surface area contributed by atoms with Crippen LogP contribution in [0.15, 0.2) is 18.2 Å². The molecule has 24 heavy (non-hydrogen) atoms. The summed E-state index contributed by atoms with van der Waals surface area (Å²) in [4.78, 5) is 2.70. The van der Waals surface area contributed by atoms with E-state index in [1.165, 1.54) is 43.5 Å². The molecule has 0 saturated carbocycles. The van der Waals surface area contributed by atoms with Gasteiger partial charge in [-0.15, -0.1) is 12.4 Å². The number of benzene rings is 1. The fourth-order valence-corrected chi connectivity index (χ4v) is 4.75. The van der Waals surface area contributed by atoms with Gasteiger partial charge in [0.25, 0.3) is 0 Å². The standard InChI is InChI=1S/C20H31NO2.ClH/c1-15-19-13-16-7-8-17(23)14-18(16)20(15,2)9-11-21(19)10-5-3-4-6-12-22;/h7-8,14-15,19,22-23H,3-6,9-13H2,1-2H3;1H/t15-,19?,20?;/m1./s1. The molecule has 0 aromatic heterocycles. The van der Waals surface area contributed by atoms with Crippen molar-refractivity contribution in [3.63, 3.8) is 0 Å². The second kappa shape index (κ2) is 8.07. The molecule has 1 saturated heterocycles. The Hall–Kier alpha value is -0.770. The molecule has 2 N–H and O–H groups in total. The Morgan fingerprint density at radius 3 is 2.71 bits per heavy atom. The van der Waals surface area contributed by atoms with Gasteiger partial charge in [-0.1, -0.05) is 32.8 Å². The maximum absolute atomic E-state index is 9.90. The average molecular weight is 354 g/mol. The minimum absolute atomic E-state index is 0. The van der Waals surface area contributed by atoms with Gasteiger partial charge in [-0.05, 0) is 73.4 Å². The van der Waals surface area contributed by atoms with Crippen LogP contribution in [0, 0.1) is 5.92 Å². The van der Waals surface area contributed by atoms with Crippen molar-refractivity contribution < 1.29 is 10.2 Å². The van der Waals surface area contributed by atoms with Crippen LogP contribution in [0.3, 0.4) is 0 Å². The first kappa shape index (κ1) is 19.6. The summed E-state index contributed by atoms with van der Waals surface area (Å²) in [5, 5.41) is 18.8. The third-order valence-electron chi connectivity index (χ3n) is 6.46. The SMILES string of the molecule is C[C@@H]1C2Cc3ccc(O)cc3C1(C)CCN2CCCCCCO.Cl. The van der Waals surface area contributed by atoms with Gasteiger partial charge in [0.1, 0.15) is 5.75 Å². The van der Waals surface area contributed by atoms with Crippen molar-refractivity contribution in [1.82, 2.24) is 4.90 Å². The molecule has 1 aromatic carbocycles. The summed E-state index contributed by atoms with van der Waals surface area (Å²) < 4.78 is 0. The summed E-state index contributed by atoms with van der Waals surface area (Å²) in [6.45, 7) is 7.46. The number of aliphatic hydroxyl groups is 1. The zero-order valence-corrected chi connectivity index (χ0v) is 15.8. The van der Waals surface area contributed by atoms with Gasteiger partial charge in [-0.25, -0.2) is 0 Å². The smallest absolute Gasteiger partial charge is 0.115 e. The summed E-state index contributed by atoms with van der Waals surface area (Å²) in [5.41, 5.74) is 3.01. The van der Waals surface area contributed by atoms with Crippen LogP contribution in [0.5, 0.6) is 5.75 Å². The predicted molar refractivity (Wildman–Crippen MR) is 101 cm³/mol. The maximum atomic E-state index is 9.90. The molecule has 1 fully saturated rings. The van der Waals surface area contributed by atoms with Gasteiger partial charge in [-0.3, -0.25) is 4.90 Å². The number of rotatable bonds is 6. The average Bonchev–Trinajstić information content (AvgIpc) is 2.53. The molecule has 1 aliphatic heterocycles. The molecule has 1 aromatic rings. The number of piperidine rings is 1. The molecule has 0 radical (unpaired) electrons. The molecular formula is C20H32ClNO2. The van der Waals surface area contributed by atoms with E-state index in [2.05, 4.69) is 24.8 Å². The Morgan fingerprint density at radius 1 is 1.21 bits per heavy atom. The first-order valence-electron chi connectivity index (χ1n) is 9.23. The Balaban J connectivity index is 0.00000208. The van der Waals surface area contributed by atoms with Gasteiger partial charge in [0.2, 0.25) is 0 Å². The second-order valence-corrected chi connectivity index (χ2v) is 7.74. The number of hydrogen-bond acceptors (Lipinski definition) is 3. The van der Waals surface area contributed by atoms with Gasteiger partial charge in [0, 0.05) is 12.6 Å². The number of fused-ring (bicyclic) bond motifs is 4. The molecule has 3 nitrogen and oxygen atoms in total. The van der Waals surface area contributed by atoms with E-state index in [9.17, 15) is 5.11 Å². The predicted octanol–water partition coefficient (Wildman–Crippen LogP) is 3.89. The summed E-state index contributed by atoms with van der Waals surface area (Å²) in [6.07, 6.45) is 6.84. The van der Waals surface area contributed by atoms with Crippen molar-refractivity contribution in [3.05, 3.63) is 29.3 Å². The molecule has 2 aliphatic rings. The number of unbranched alkanes of at least 4 members (excludes halogenated alkanes) is 3. The largest absolute Gasteiger partial charge is 0.508 e. The maximum Gasteiger partial charge on any atom is 0.115 e. The van der Waals surface area contributed by atoms with Crippen LogP contribution in [0.1, 0.15) is 57.1 Å². The van der Waals surface area contributed by atoms with Crippen LogP contribution < -0.4 is 0 Å². The van der Waals surface area contributed by atoms with Crippen molar-refractivity contribution in [3.8, 4) is 5.75 Å². The molecule has 3 rings (SSSR count). The number of aromatic hydroxyl groups is 1. The highest BCUT2D eigenvalue weighted by Gasteiger charge is 2.48. The van der Waals surface area contributed by atoms with E-state index in [4.69, 9.17) is 5.11 Å². The molecule has 0 spiro atoms. The van der Waals surface area contributed by atoms with E-state index >= 15 is 0 Å². The molecule has 1 aliphatic carbocycles. The fraction of sp³-hybridized carbons (Fsp3) is 0.700. The van der Waals surface area contributed by atoms with E-state index in [0.29, 0.717) is 24.3 Å². The van der Waals surface area contributed by atoms with E-state index in [1.807, 2.05) is 12.1 Å². The number of nitrogens with zero attached hydrogens (tertiary/aromatic N) is 1. The zero-order valence-electron chi connectivity index (χ0n) is 15.0. The first-order valence-corrected chi connectivity index (χ1v) is 9.23. The van der Waals surface area contributed by atoms with Crippen molar-refractivity contribution in [2.75, 3.05) is 19.7 Å². The molecule has 136 valence electrons. The minimum Gasteiger partial charge on any atom is -0.508 e. The van der Waals surface area contributed by atoms with Crippen molar-refractivity contribution in [2.45, 2.75) is 63.8 Å².